The van der Waals surface area contributed by atoms with Gasteiger partial charge in [-0.3, -0.25) is 28.0 Å². The van der Waals surface area contributed by atoms with Crippen LogP contribution in [0.15, 0.2) is 53.5 Å². The van der Waals surface area contributed by atoms with Gasteiger partial charge in [0.05, 0.1) is 31.3 Å². The minimum atomic E-state index is -5.67. The van der Waals surface area contributed by atoms with Crippen molar-refractivity contribution >= 4 is 39.2 Å². The zero-order valence-corrected chi connectivity index (χ0v) is 43.6. The number of cyclic esters (lactones) is 1. The number of hydrogen-bond donors (Lipinski definition) is 6. The molecule has 0 amide bonds. The molecule has 1 aromatic rings. The molecule has 0 aliphatic carbocycles. The molecule has 22 heteroatoms. The highest BCUT2D eigenvalue weighted by molar-refractivity contribution is 7.61. The van der Waals surface area contributed by atoms with E-state index in [0.29, 0.717) is 32.1 Å². The number of carbonyl (C=O) groups excluding carboxylic acids is 3. The number of phosphoric acid groups is 2. The lowest BCUT2D eigenvalue weighted by Gasteiger charge is -2.36. The van der Waals surface area contributed by atoms with Gasteiger partial charge in [0.25, 0.3) is 0 Å². The Bertz CT molecular complexity index is 2000. The van der Waals surface area contributed by atoms with Crippen LogP contribution in [0.4, 0.5) is 5.82 Å². The summed E-state index contributed by atoms with van der Waals surface area (Å²) in [7, 11) is -11.2. The van der Waals surface area contributed by atoms with E-state index in [9.17, 15) is 53.4 Å². The molecule has 3 rings (SSSR count). The van der Waals surface area contributed by atoms with Gasteiger partial charge in [0, 0.05) is 25.0 Å². The molecule has 404 valence electrons. The maximum absolute atomic E-state index is 13.8. The molecule has 7 N–H and O–H groups in total. The van der Waals surface area contributed by atoms with Crippen LogP contribution in [0.2, 0.25) is 0 Å². The maximum atomic E-state index is 13.8. The van der Waals surface area contributed by atoms with Crippen LogP contribution in [0.3, 0.4) is 0 Å². The summed E-state index contributed by atoms with van der Waals surface area (Å²) < 4.78 is 59.1. The molecule has 2 aliphatic heterocycles. The number of aliphatic hydroxyl groups is 3. The number of phosphoric ester groups is 2. The topological polar surface area (TPSA) is 303 Å². The molecular formula is C49H81N3O17P2. The van der Waals surface area contributed by atoms with E-state index in [-0.39, 0.29) is 25.1 Å². The number of fused-ring (bicyclic) bond motifs is 3. The van der Waals surface area contributed by atoms with Crippen molar-refractivity contribution in [3.05, 3.63) is 59.2 Å². The highest BCUT2D eigenvalue weighted by atomic mass is 31.3. The maximum Gasteiger partial charge on any atom is 0.481 e. The van der Waals surface area contributed by atoms with Gasteiger partial charge in [0.2, 0.25) is 0 Å². The number of nitrogen functional groups attached to an aromatic ring is 1. The summed E-state index contributed by atoms with van der Waals surface area (Å²) in [5.74, 6) is -3.89. The minimum Gasteiger partial charge on any atom is -0.462 e. The van der Waals surface area contributed by atoms with Crippen molar-refractivity contribution < 1.29 is 76.2 Å². The third-order valence-electron chi connectivity index (χ3n) is 12.5. The number of ether oxygens (including phenoxy) is 3. The van der Waals surface area contributed by atoms with Gasteiger partial charge in [-0.1, -0.05) is 141 Å². The van der Waals surface area contributed by atoms with Gasteiger partial charge in [-0.05, 0) is 50.2 Å². The highest BCUT2D eigenvalue weighted by Crippen LogP contribution is 2.60. The van der Waals surface area contributed by atoms with Crippen LogP contribution in [0.1, 0.15) is 162 Å². The molecule has 0 spiro atoms. The Kier molecular flexibility index (Phi) is 29.2. The van der Waals surface area contributed by atoms with E-state index in [1.54, 1.807) is 12.2 Å². The first-order chi connectivity index (χ1) is 33.8. The van der Waals surface area contributed by atoms with Crippen molar-refractivity contribution in [2.24, 2.45) is 17.8 Å². The third kappa shape index (κ3) is 24.9. The van der Waals surface area contributed by atoms with Crippen LogP contribution in [0, 0.1) is 17.8 Å². The summed E-state index contributed by atoms with van der Waals surface area (Å²) in [4.78, 5) is 77.9. The fourth-order valence-electron chi connectivity index (χ4n) is 8.02. The number of carbonyl (C=O) groups is 3. The molecule has 3 unspecified atom stereocenters. The number of hydrogen-bond acceptors (Lipinski definition) is 17. The number of rotatable bonds is 22. The van der Waals surface area contributed by atoms with Crippen LogP contribution in [-0.2, 0) is 51.1 Å². The number of esters is 2. The Morgan fingerprint density at radius 1 is 0.901 bits per heavy atom. The monoisotopic (exact) mass is 1050 g/mol. The van der Waals surface area contributed by atoms with Crippen molar-refractivity contribution in [3.63, 3.8) is 0 Å². The number of nitrogens with zero attached hydrogens (tertiary/aromatic N) is 2. The number of allylic oxidation sites excluding steroid dienone is 3. The Labute approximate surface area is 418 Å². The molecule has 3 heterocycles. The van der Waals surface area contributed by atoms with Gasteiger partial charge in [0.15, 0.2) is 11.9 Å². The zero-order chi connectivity index (χ0) is 52.2. The van der Waals surface area contributed by atoms with Gasteiger partial charge in [-0.2, -0.15) is 9.29 Å². The lowest BCUT2D eigenvalue weighted by molar-refractivity contribution is -0.167. The van der Waals surface area contributed by atoms with Crippen molar-refractivity contribution in [3.8, 4) is 0 Å². The van der Waals surface area contributed by atoms with Gasteiger partial charge < -0.3 is 45.1 Å². The number of aliphatic hydroxyl groups excluding tert-OH is 3. The summed E-state index contributed by atoms with van der Waals surface area (Å²) >= 11 is 0. The van der Waals surface area contributed by atoms with E-state index < -0.39 is 107 Å². The van der Waals surface area contributed by atoms with E-state index in [1.807, 2.05) is 6.92 Å². The smallest absolute Gasteiger partial charge is 0.462 e. The molecular weight excluding hydrogens is 964 g/mol. The number of ketones is 1. The first-order valence-corrected chi connectivity index (χ1v) is 28.4. The molecule has 71 heavy (non-hydrogen) atoms. The third-order valence-corrected chi connectivity index (χ3v) is 15.1. The second kappa shape index (κ2) is 33.4. The van der Waals surface area contributed by atoms with E-state index in [4.69, 9.17) is 29.0 Å². The summed E-state index contributed by atoms with van der Waals surface area (Å²) in [6.07, 6.45) is 16.3. The fourth-order valence-corrected chi connectivity index (χ4v) is 10.1. The van der Waals surface area contributed by atoms with Crippen molar-refractivity contribution in [2.45, 2.75) is 192 Å². The molecule has 0 radical (unpaired) electrons. The van der Waals surface area contributed by atoms with Crippen molar-refractivity contribution in [2.75, 3.05) is 25.6 Å². The average Bonchev–Trinajstić information content (AvgIpc) is 3.31. The normalized spacial score (nSPS) is 29.7. The largest absolute Gasteiger partial charge is 0.481 e. The van der Waals surface area contributed by atoms with Crippen LogP contribution < -0.4 is 11.4 Å². The molecule has 0 saturated carbocycles. The predicted octanol–water partition coefficient (Wildman–Crippen LogP) is 7.86. The van der Waals surface area contributed by atoms with E-state index in [0.717, 1.165) is 55.1 Å². The minimum absolute atomic E-state index is 0.0108. The number of aromatic nitrogens is 2. The van der Waals surface area contributed by atoms with Crippen LogP contribution in [0.25, 0.3) is 0 Å². The summed E-state index contributed by atoms with van der Waals surface area (Å²) in [5, 5.41) is 33.8. The average molecular weight is 1050 g/mol. The standard InChI is InChI=1S/C49H81N3O17P2/c1-4-6-17-24-38(53)28-29-40-41(54)30-27-37-23-19-15-16-20-25-44(55)64-33-39(67-45(56)26-21-14-12-10-8-7-9-11-13-18-22-36(3)5-2)34-65-70(60,61)69-71(62,63)66-35-42(47(58)46(40)57)68-48(37)52-32-31-43(50)51-49(52)59/h15,19,27-32,36-40,42,46-48,53,57-58H,4-14,16-18,20-26,33-35H2,1-3H3,(H,60,61)(H,62,63)(H2,50,51,59)/b19-15-,29-28?,30-27-/t36?,37-,38-,39+,40-,42+,46-,47+,48+/m0/s1. The Morgan fingerprint density at radius 2 is 1.55 bits per heavy atom. The molecule has 2 bridgehead atoms. The van der Waals surface area contributed by atoms with Gasteiger partial charge >= 0.3 is 33.3 Å². The van der Waals surface area contributed by atoms with E-state index >= 15 is 0 Å². The molecule has 11 atom stereocenters. The number of unbranched alkanes of at least 4 members (excludes halogenated alkanes) is 11. The van der Waals surface area contributed by atoms with Gasteiger partial charge in [-0.25, -0.2) is 13.9 Å². The Morgan fingerprint density at radius 3 is 2.21 bits per heavy atom. The quantitative estimate of drug-likeness (QED) is 0.0278. The summed E-state index contributed by atoms with van der Waals surface area (Å²) in [5.41, 5.74) is 4.83. The van der Waals surface area contributed by atoms with Gasteiger partial charge in [-0.15, -0.1) is 0 Å². The van der Waals surface area contributed by atoms with Crippen LogP contribution in [-0.4, -0.2) is 103 Å². The van der Waals surface area contributed by atoms with E-state index in [2.05, 4.69) is 23.1 Å². The SMILES string of the molecule is CCCCC[C@H](O)C=C[C@H]1C(=O)/C=C\[C@@H]2C/C=C\CCCC(=O)OC[C@@H](OC(=O)CCCCCCCCCCCCC(C)CC)COP(=O)(O)OP(=O)(O)OC[C@@H](O[C@H]2n2ccc(N)nc2=O)[C@@H](O)[C@H]1O. The molecule has 0 aromatic carbocycles. The lowest BCUT2D eigenvalue weighted by Crippen LogP contribution is -2.49. The van der Waals surface area contributed by atoms with E-state index in [1.165, 1.54) is 75.4 Å². The first kappa shape index (κ1) is 61.9. The summed E-state index contributed by atoms with van der Waals surface area (Å²) in [6, 6.07) is 1.28. The fraction of sp³-hybridized carbons (Fsp3) is 0.735. The predicted molar refractivity (Wildman–Crippen MR) is 265 cm³/mol. The van der Waals surface area contributed by atoms with Crippen molar-refractivity contribution in [1.82, 2.24) is 9.55 Å². The second-order valence-corrected chi connectivity index (χ2v) is 21.6. The molecule has 20 nitrogen and oxygen atoms in total. The highest BCUT2D eigenvalue weighted by Gasteiger charge is 2.42. The molecule has 1 aromatic heterocycles. The van der Waals surface area contributed by atoms with Gasteiger partial charge in [0.1, 0.15) is 30.9 Å². The number of nitrogens with two attached hydrogens (primary N) is 1. The Balaban J connectivity index is 1.81. The summed E-state index contributed by atoms with van der Waals surface area (Å²) in [6.45, 7) is 3.86. The Hall–Kier alpha value is -3.39. The molecule has 0 saturated heterocycles. The zero-order valence-electron chi connectivity index (χ0n) is 41.8. The lowest BCUT2D eigenvalue weighted by atomic mass is 9.88. The van der Waals surface area contributed by atoms with Crippen molar-refractivity contribution in [1.29, 1.82) is 0 Å². The molecule has 2 aliphatic rings. The van der Waals surface area contributed by atoms with Crippen LogP contribution in [0.5, 0.6) is 0 Å². The van der Waals surface area contributed by atoms with Crippen LogP contribution >= 0.6 is 15.6 Å². The number of anilines is 1. The second-order valence-electron chi connectivity index (χ2n) is 18.6. The first-order valence-electron chi connectivity index (χ1n) is 25.4. The molecule has 0 fully saturated rings.